The zero-order chi connectivity index (χ0) is 18.2. The van der Waals surface area contributed by atoms with Crippen LogP contribution in [0.3, 0.4) is 0 Å². The Bertz CT molecular complexity index is 820. The molecule has 0 radical (unpaired) electrons. The van der Waals surface area contributed by atoms with E-state index in [2.05, 4.69) is 4.98 Å². The van der Waals surface area contributed by atoms with Crippen molar-refractivity contribution in [3.63, 3.8) is 0 Å². The SMILES string of the molecule is Cc1ccc(C(=O)Cc2ccc3c(c2)B(O)CCC3)c(C(F)(F)F)n1. The maximum atomic E-state index is 13.2. The molecule has 7 heteroatoms. The fourth-order valence-corrected chi connectivity index (χ4v) is 3.21. The van der Waals surface area contributed by atoms with Crippen molar-refractivity contribution < 1.29 is 23.0 Å². The molecule has 2 aromatic rings. The number of carbonyl (C=O) groups is 1. The van der Waals surface area contributed by atoms with Crippen molar-refractivity contribution in [1.29, 1.82) is 0 Å². The number of hydrogen-bond donors (Lipinski definition) is 1. The van der Waals surface area contributed by atoms with Crippen LogP contribution in [0.2, 0.25) is 6.32 Å². The summed E-state index contributed by atoms with van der Waals surface area (Å²) in [6.45, 7) is 0.875. The van der Waals surface area contributed by atoms with Crippen LogP contribution in [-0.4, -0.2) is 22.7 Å². The highest BCUT2D eigenvalue weighted by Gasteiger charge is 2.37. The molecule has 1 aromatic heterocycles. The van der Waals surface area contributed by atoms with Gasteiger partial charge in [-0.3, -0.25) is 4.79 Å². The molecule has 0 amide bonds. The zero-order valence-corrected chi connectivity index (χ0v) is 13.7. The van der Waals surface area contributed by atoms with Gasteiger partial charge in [0.25, 0.3) is 0 Å². The fourth-order valence-electron chi connectivity index (χ4n) is 3.21. The third-order valence-electron chi connectivity index (χ3n) is 4.46. The van der Waals surface area contributed by atoms with E-state index in [9.17, 15) is 23.0 Å². The van der Waals surface area contributed by atoms with Gasteiger partial charge in [-0.05, 0) is 42.8 Å². The summed E-state index contributed by atoms with van der Waals surface area (Å²) in [5.41, 5.74) is 1.04. The van der Waals surface area contributed by atoms with Crippen molar-refractivity contribution in [2.45, 2.75) is 38.7 Å². The highest BCUT2D eigenvalue weighted by atomic mass is 19.4. The lowest BCUT2D eigenvalue weighted by atomic mass is 9.53. The zero-order valence-electron chi connectivity index (χ0n) is 13.7. The molecule has 0 aliphatic carbocycles. The Morgan fingerprint density at radius 2 is 2.04 bits per heavy atom. The Hall–Kier alpha value is -2.15. The van der Waals surface area contributed by atoms with E-state index in [1.54, 1.807) is 12.1 Å². The predicted octanol–water partition coefficient (Wildman–Crippen LogP) is 2.97. The normalized spacial score (nSPS) is 14.4. The van der Waals surface area contributed by atoms with Crippen LogP contribution in [-0.2, 0) is 19.0 Å². The molecular formula is C18H17BF3NO2. The Morgan fingerprint density at radius 1 is 1.28 bits per heavy atom. The van der Waals surface area contributed by atoms with E-state index in [1.165, 1.54) is 19.1 Å². The van der Waals surface area contributed by atoms with Crippen LogP contribution in [0.1, 0.15) is 39.3 Å². The minimum Gasteiger partial charge on any atom is -0.446 e. The minimum absolute atomic E-state index is 0.159. The number of benzene rings is 1. The summed E-state index contributed by atoms with van der Waals surface area (Å²) >= 11 is 0. The molecule has 0 bridgehead atoms. The van der Waals surface area contributed by atoms with E-state index in [0.29, 0.717) is 11.9 Å². The van der Waals surface area contributed by atoms with Crippen LogP contribution < -0.4 is 5.46 Å². The van der Waals surface area contributed by atoms with Gasteiger partial charge >= 0.3 is 13.1 Å². The van der Waals surface area contributed by atoms with E-state index in [4.69, 9.17) is 0 Å². The number of aromatic nitrogens is 1. The smallest absolute Gasteiger partial charge is 0.434 e. The molecule has 1 aliphatic heterocycles. The number of halogens is 3. The number of pyridine rings is 1. The van der Waals surface area contributed by atoms with E-state index < -0.39 is 30.1 Å². The monoisotopic (exact) mass is 347 g/mol. The second kappa shape index (κ2) is 6.63. The van der Waals surface area contributed by atoms with E-state index in [-0.39, 0.29) is 12.1 Å². The first kappa shape index (κ1) is 17.7. The number of hydrogen-bond acceptors (Lipinski definition) is 3. The molecule has 0 unspecified atom stereocenters. The molecule has 2 heterocycles. The summed E-state index contributed by atoms with van der Waals surface area (Å²) in [7, 11) is 0. The number of alkyl halides is 3. The minimum atomic E-state index is -4.68. The van der Waals surface area contributed by atoms with Gasteiger partial charge in [0.1, 0.15) is 0 Å². The van der Waals surface area contributed by atoms with E-state index >= 15 is 0 Å². The van der Waals surface area contributed by atoms with Gasteiger partial charge in [0.15, 0.2) is 11.5 Å². The molecule has 0 atom stereocenters. The van der Waals surface area contributed by atoms with Gasteiger partial charge in [0.05, 0.1) is 0 Å². The number of fused-ring (bicyclic) bond motifs is 1. The third-order valence-corrected chi connectivity index (χ3v) is 4.46. The summed E-state index contributed by atoms with van der Waals surface area (Å²) in [5, 5.41) is 10.1. The molecule has 3 rings (SSSR count). The lowest BCUT2D eigenvalue weighted by Crippen LogP contribution is -2.36. The lowest BCUT2D eigenvalue weighted by Gasteiger charge is -2.19. The number of carbonyl (C=O) groups excluding carboxylic acids is 1. The van der Waals surface area contributed by atoms with Crippen LogP contribution in [0, 0.1) is 6.92 Å². The van der Waals surface area contributed by atoms with Gasteiger partial charge in [0.2, 0.25) is 0 Å². The van der Waals surface area contributed by atoms with Gasteiger partial charge in [-0.25, -0.2) is 4.98 Å². The predicted molar refractivity (Wildman–Crippen MR) is 89.2 cm³/mol. The average molecular weight is 347 g/mol. The number of nitrogens with zero attached hydrogens (tertiary/aromatic N) is 1. The first-order chi connectivity index (χ1) is 11.8. The Morgan fingerprint density at radius 3 is 2.76 bits per heavy atom. The van der Waals surface area contributed by atoms with Gasteiger partial charge in [-0.1, -0.05) is 30.2 Å². The van der Waals surface area contributed by atoms with Crippen LogP contribution >= 0.6 is 0 Å². The molecule has 1 N–H and O–H groups in total. The molecule has 0 spiro atoms. The van der Waals surface area contributed by atoms with E-state index in [1.807, 2.05) is 6.07 Å². The van der Waals surface area contributed by atoms with Crippen molar-refractivity contribution in [3.8, 4) is 0 Å². The van der Waals surface area contributed by atoms with Gasteiger partial charge < -0.3 is 5.02 Å². The van der Waals surface area contributed by atoms with Crippen LogP contribution in [0.5, 0.6) is 0 Å². The molecule has 1 aromatic carbocycles. The highest BCUT2D eigenvalue weighted by molar-refractivity contribution is 6.67. The largest absolute Gasteiger partial charge is 0.446 e. The topological polar surface area (TPSA) is 50.2 Å². The highest BCUT2D eigenvalue weighted by Crippen LogP contribution is 2.31. The Kier molecular flexibility index (Phi) is 4.69. The van der Waals surface area contributed by atoms with Crippen molar-refractivity contribution in [1.82, 2.24) is 4.98 Å². The molecule has 0 fully saturated rings. The summed E-state index contributed by atoms with van der Waals surface area (Å²) in [5.74, 6) is -0.634. The second-order valence-electron chi connectivity index (χ2n) is 6.39. The molecule has 3 nitrogen and oxygen atoms in total. The standard InChI is InChI=1S/C18H17BF3NO2/c1-11-4-7-14(17(23-11)18(20,21)22)16(24)10-12-5-6-13-3-2-8-19(25)15(13)9-12/h4-7,9,25H,2-3,8,10H2,1H3. The number of ketones is 1. The van der Waals surface area contributed by atoms with Crippen LogP contribution in [0.4, 0.5) is 13.2 Å². The number of aryl methyl sites for hydroxylation is 2. The summed E-state index contributed by atoms with van der Waals surface area (Å²) in [6.07, 6.45) is -2.42. The average Bonchev–Trinajstić information content (AvgIpc) is 2.54. The van der Waals surface area contributed by atoms with Crippen LogP contribution in [0.15, 0.2) is 30.3 Å². The van der Waals surface area contributed by atoms with Gasteiger partial charge in [-0.2, -0.15) is 13.2 Å². The van der Waals surface area contributed by atoms with Crippen molar-refractivity contribution in [3.05, 3.63) is 58.4 Å². The van der Waals surface area contributed by atoms with Crippen LogP contribution in [0.25, 0.3) is 0 Å². The Balaban J connectivity index is 1.90. The van der Waals surface area contributed by atoms with Gasteiger partial charge in [-0.15, -0.1) is 0 Å². The lowest BCUT2D eigenvalue weighted by molar-refractivity contribution is -0.141. The van der Waals surface area contributed by atoms with Crippen molar-refractivity contribution in [2.75, 3.05) is 0 Å². The molecule has 0 saturated carbocycles. The molecule has 0 saturated heterocycles. The maximum absolute atomic E-state index is 13.2. The quantitative estimate of drug-likeness (QED) is 0.686. The molecule has 1 aliphatic rings. The molecule has 25 heavy (non-hydrogen) atoms. The summed E-state index contributed by atoms with van der Waals surface area (Å²) in [6, 6.07) is 7.90. The Labute approximate surface area is 144 Å². The van der Waals surface area contributed by atoms with Crippen molar-refractivity contribution >= 4 is 18.2 Å². The first-order valence-corrected chi connectivity index (χ1v) is 8.13. The van der Waals surface area contributed by atoms with Crippen molar-refractivity contribution in [2.24, 2.45) is 0 Å². The maximum Gasteiger partial charge on any atom is 0.434 e. The summed E-state index contributed by atoms with van der Waals surface area (Å²) < 4.78 is 39.5. The number of rotatable bonds is 3. The third kappa shape index (κ3) is 3.76. The number of Topliss-reactive ketones (excluding diaryl/α,β-unsaturated/α-hetero) is 1. The molecular weight excluding hydrogens is 330 g/mol. The van der Waals surface area contributed by atoms with Gasteiger partial charge in [0, 0.05) is 17.7 Å². The molecule has 130 valence electrons. The first-order valence-electron chi connectivity index (χ1n) is 8.13. The summed E-state index contributed by atoms with van der Waals surface area (Å²) in [4.78, 5) is 15.9. The second-order valence-corrected chi connectivity index (χ2v) is 6.39. The fraction of sp³-hybridized carbons (Fsp3) is 0.333. The van der Waals surface area contributed by atoms with E-state index in [0.717, 1.165) is 23.9 Å².